The second-order valence-corrected chi connectivity index (χ2v) is 8.22. The van der Waals surface area contributed by atoms with Crippen molar-refractivity contribution >= 4 is 28.5 Å². The second-order valence-electron chi connectivity index (χ2n) is 8.22. The summed E-state index contributed by atoms with van der Waals surface area (Å²) in [6.45, 7) is 2.00. The number of imidazole rings is 1. The van der Waals surface area contributed by atoms with Gasteiger partial charge in [-0.3, -0.25) is 9.59 Å². The molecule has 0 bridgehead atoms. The Morgan fingerprint density at radius 2 is 1.94 bits per heavy atom. The number of aryl methyl sites for hydroxylation is 2. The first kappa shape index (κ1) is 19.6. The van der Waals surface area contributed by atoms with Gasteiger partial charge in [-0.05, 0) is 31.0 Å². The predicted molar refractivity (Wildman–Crippen MR) is 115 cm³/mol. The quantitative estimate of drug-likeness (QED) is 0.669. The van der Waals surface area contributed by atoms with Crippen molar-refractivity contribution < 1.29 is 19.4 Å². The summed E-state index contributed by atoms with van der Waals surface area (Å²) in [4.78, 5) is 31.4. The van der Waals surface area contributed by atoms with E-state index in [1.54, 1.807) is 22.7 Å². The normalized spacial score (nSPS) is 16.6. The van der Waals surface area contributed by atoms with Gasteiger partial charge in [0.1, 0.15) is 5.69 Å². The van der Waals surface area contributed by atoms with Crippen LogP contribution >= 0.6 is 0 Å². The van der Waals surface area contributed by atoms with Gasteiger partial charge >= 0.3 is 0 Å². The van der Waals surface area contributed by atoms with Crippen molar-refractivity contribution in [2.24, 2.45) is 20.0 Å². The highest BCUT2D eigenvalue weighted by Crippen LogP contribution is 2.36. The van der Waals surface area contributed by atoms with Crippen molar-refractivity contribution in [3.63, 3.8) is 0 Å². The van der Waals surface area contributed by atoms with Crippen molar-refractivity contribution in [1.29, 1.82) is 0 Å². The zero-order valence-electron chi connectivity index (χ0n) is 17.6. The van der Waals surface area contributed by atoms with Gasteiger partial charge < -0.3 is 29.2 Å². The van der Waals surface area contributed by atoms with Gasteiger partial charge in [0.2, 0.25) is 5.91 Å². The molecule has 1 saturated heterocycles. The molecule has 9 heteroatoms. The Kier molecular flexibility index (Phi) is 4.70. The summed E-state index contributed by atoms with van der Waals surface area (Å²) in [6.07, 6.45) is 3.53. The van der Waals surface area contributed by atoms with Gasteiger partial charge in [0.25, 0.3) is 5.91 Å². The van der Waals surface area contributed by atoms with Crippen LogP contribution in [0.1, 0.15) is 23.2 Å². The van der Waals surface area contributed by atoms with Crippen molar-refractivity contribution in [2.75, 3.05) is 31.6 Å². The fourth-order valence-corrected chi connectivity index (χ4v) is 4.05. The van der Waals surface area contributed by atoms with Crippen LogP contribution in [0, 0.1) is 5.92 Å². The maximum absolute atomic E-state index is 12.9. The number of amides is 2. The minimum absolute atomic E-state index is 0.0434. The lowest BCUT2D eigenvalue weighted by Crippen LogP contribution is -2.40. The Balaban J connectivity index is 1.49. The monoisotopic (exact) mass is 423 g/mol. The summed E-state index contributed by atoms with van der Waals surface area (Å²) in [6, 6.07) is 5.58. The van der Waals surface area contributed by atoms with Crippen molar-refractivity contribution in [3.8, 4) is 17.3 Å². The number of morpholine rings is 1. The van der Waals surface area contributed by atoms with Gasteiger partial charge in [-0.25, -0.2) is 4.98 Å². The molecule has 9 nitrogen and oxygen atoms in total. The van der Waals surface area contributed by atoms with Crippen LogP contribution in [0.15, 0.2) is 24.4 Å². The third-order valence-electron chi connectivity index (χ3n) is 5.99. The number of hydrogen-bond donors (Lipinski definition) is 2. The molecule has 5 rings (SSSR count). The van der Waals surface area contributed by atoms with E-state index in [9.17, 15) is 14.7 Å². The first-order valence-corrected chi connectivity index (χ1v) is 10.5. The molecule has 0 radical (unpaired) electrons. The van der Waals surface area contributed by atoms with Gasteiger partial charge in [-0.2, -0.15) is 0 Å². The van der Waals surface area contributed by atoms with Crippen LogP contribution in [0.25, 0.3) is 22.6 Å². The molecule has 3 heterocycles. The Morgan fingerprint density at radius 3 is 2.65 bits per heavy atom. The fourth-order valence-electron chi connectivity index (χ4n) is 4.05. The van der Waals surface area contributed by atoms with Crippen molar-refractivity contribution in [3.05, 3.63) is 30.0 Å². The van der Waals surface area contributed by atoms with E-state index in [-0.39, 0.29) is 29.0 Å². The molecule has 1 aromatic carbocycles. The molecule has 3 aromatic rings. The van der Waals surface area contributed by atoms with Crippen LogP contribution in [0.4, 0.5) is 5.69 Å². The van der Waals surface area contributed by atoms with E-state index in [0.29, 0.717) is 49.0 Å². The third-order valence-corrected chi connectivity index (χ3v) is 5.99. The second kappa shape index (κ2) is 7.42. The molecule has 2 amide bonds. The van der Waals surface area contributed by atoms with Crippen LogP contribution in [-0.2, 0) is 23.6 Å². The molecule has 2 aliphatic rings. The summed E-state index contributed by atoms with van der Waals surface area (Å²) >= 11 is 0. The molecule has 2 aromatic heterocycles. The highest BCUT2D eigenvalue weighted by atomic mass is 16.5. The molecular formula is C22H25N5O4. The Bertz CT molecular complexity index is 1180. The molecule has 1 saturated carbocycles. The number of fused-ring (bicyclic) bond motifs is 1. The summed E-state index contributed by atoms with van der Waals surface area (Å²) in [5.41, 5.74) is 2.99. The summed E-state index contributed by atoms with van der Waals surface area (Å²) in [7, 11) is 3.65. The van der Waals surface area contributed by atoms with Gasteiger partial charge in [0.15, 0.2) is 11.6 Å². The van der Waals surface area contributed by atoms with Gasteiger partial charge in [0.05, 0.1) is 29.8 Å². The number of aromatic nitrogens is 3. The fraction of sp³-hybridized carbons (Fsp3) is 0.409. The predicted octanol–water partition coefficient (Wildman–Crippen LogP) is 2.11. The molecular weight excluding hydrogens is 398 g/mol. The number of carbonyl (C=O) groups is 2. The van der Waals surface area contributed by atoms with E-state index in [2.05, 4.69) is 5.32 Å². The summed E-state index contributed by atoms with van der Waals surface area (Å²) in [5, 5.41) is 13.9. The average molecular weight is 423 g/mol. The Morgan fingerprint density at radius 1 is 1.19 bits per heavy atom. The summed E-state index contributed by atoms with van der Waals surface area (Å²) < 4.78 is 8.91. The van der Waals surface area contributed by atoms with E-state index in [0.717, 1.165) is 18.4 Å². The molecule has 2 fully saturated rings. The van der Waals surface area contributed by atoms with Crippen LogP contribution in [0.2, 0.25) is 0 Å². The smallest absolute Gasteiger partial charge is 0.259 e. The number of nitrogens with zero attached hydrogens (tertiary/aromatic N) is 4. The lowest BCUT2D eigenvalue weighted by atomic mass is 10.2. The molecule has 162 valence electrons. The van der Waals surface area contributed by atoms with E-state index in [1.165, 1.54) is 0 Å². The number of carbonyl (C=O) groups excluding carboxylic acids is 2. The maximum atomic E-state index is 12.9. The zero-order chi connectivity index (χ0) is 21.7. The minimum atomic E-state index is -0.216. The molecule has 0 unspecified atom stereocenters. The maximum Gasteiger partial charge on any atom is 0.259 e. The molecule has 1 aliphatic heterocycles. The van der Waals surface area contributed by atoms with Gasteiger partial charge in [-0.1, -0.05) is 0 Å². The largest absolute Gasteiger partial charge is 0.505 e. The number of rotatable bonds is 4. The minimum Gasteiger partial charge on any atom is -0.505 e. The highest BCUT2D eigenvalue weighted by Gasteiger charge is 2.30. The standard InChI is InChI=1S/C22H25N5O4/c1-25-12-15(22(30)27-7-9-31-10-8-27)19(28)18(25)20-24-16-11-14(5-6-17(16)26(20)2)23-21(29)13-3-4-13/h5-6,11-13,28H,3-4,7-10H2,1-2H3,(H,23,29). The zero-order valence-corrected chi connectivity index (χ0v) is 17.6. The van der Waals surface area contributed by atoms with Gasteiger partial charge in [-0.15, -0.1) is 0 Å². The SMILES string of the molecule is Cn1cc(C(=O)N2CCOCC2)c(O)c1-c1nc2cc(NC(=O)C3CC3)ccc2n1C. The molecule has 0 atom stereocenters. The highest BCUT2D eigenvalue weighted by molar-refractivity contribution is 6.00. The van der Waals surface area contributed by atoms with Crippen LogP contribution in [0.5, 0.6) is 5.75 Å². The van der Waals surface area contributed by atoms with Gasteiger partial charge in [0, 0.05) is 45.0 Å². The number of hydrogen-bond acceptors (Lipinski definition) is 5. The van der Waals surface area contributed by atoms with Crippen molar-refractivity contribution in [2.45, 2.75) is 12.8 Å². The number of aromatic hydroxyl groups is 1. The first-order chi connectivity index (χ1) is 14.9. The lowest BCUT2D eigenvalue weighted by Gasteiger charge is -2.26. The number of ether oxygens (including phenoxy) is 1. The van der Waals surface area contributed by atoms with Crippen LogP contribution in [0.3, 0.4) is 0 Å². The number of benzene rings is 1. The Labute approximate surface area is 179 Å². The lowest BCUT2D eigenvalue weighted by molar-refractivity contribution is -0.117. The molecule has 31 heavy (non-hydrogen) atoms. The van der Waals surface area contributed by atoms with Crippen LogP contribution < -0.4 is 5.32 Å². The average Bonchev–Trinajstić information content (AvgIpc) is 3.52. The van der Waals surface area contributed by atoms with E-state index >= 15 is 0 Å². The Hall–Kier alpha value is -3.33. The number of anilines is 1. The third kappa shape index (κ3) is 3.44. The first-order valence-electron chi connectivity index (χ1n) is 10.5. The van der Waals surface area contributed by atoms with Crippen LogP contribution in [-0.4, -0.2) is 62.2 Å². The van der Waals surface area contributed by atoms with Crippen molar-refractivity contribution in [1.82, 2.24) is 19.0 Å². The molecule has 2 N–H and O–H groups in total. The summed E-state index contributed by atoms with van der Waals surface area (Å²) in [5.74, 6) is 0.410. The molecule has 0 spiro atoms. The number of nitrogens with one attached hydrogen (secondary N) is 1. The van der Waals surface area contributed by atoms with E-state index < -0.39 is 0 Å². The molecule has 1 aliphatic carbocycles. The topological polar surface area (TPSA) is 102 Å². The van der Waals surface area contributed by atoms with E-state index in [4.69, 9.17) is 9.72 Å². The van der Waals surface area contributed by atoms with E-state index in [1.807, 2.05) is 29.8 Å².